The van der Waals surface area contributed by atoms with Crippen molar-refractivity contribution in [1.82, 2.24) is 15.3 Å². The highest BCUT2D eigenvalue weighted by atomic mass is 79.9. The maximum absolute atomic E-state index is 13.0. The molecule has 1 N–H and O–H groups in total. The fraction of sp³-hybridized carbons (Fsp3) is 0.280. The van der Waals surface area contributed by atoms with Crippen molar-refractivity contribution in [3.05, 3.63) is 63.0 Å². The van der Waals surface area contributed by atoms with Gasteiger partial charge in [0, 0.05) is 18.7 Å². The lowest BCUT2D eigenvalue weighted by molar-refractivity contribution is -0.137. The predicted octanol–water partition coefficient (Wildman–Crippen LogP) is 3.63. The van der Waals surface area contributed by atoms with Crippen molar-refractivity contribution in [2.24, 2.45) is 0 Å². The lowest BCUT2D eigenvalue weighted by atomic mass is 10.2. The number of morpholine rings is 1. The Morgan fingerprint density at radius 2 is 1.92 bits per heavy atom. The fourth-order valence-electron chi connectivity index (χ4n) is 3.58. The van der Waals surface area contributed by atoms with Gasteiger partial charge in [0.05, 0.1) is 29.2 Å². The first kappa shape index (κ1) is 27.1. The first-order chi connectivity index (χ1) is 17.9. The average molecular weight is 607 g/mol. The number of rotatable bonds is 8. The zero-order chi connectivity index (χ0) is 26.4. The van der Waals surface area contributed by atoms with Crippen molar-refractivity contribution in [1.29, 1.82) is 0 Å². The van der Waals surface area contributed by atoms with E-state index in [2.05, 4.69) is 21.4 Å². The summed E-state index contributed by atoms with van der Waals surface area (Å²) in [5, 5.41) is 1.06. The van der Waals surface area contributed by atoms with Gasteiger partial charge in [0.2, 0.25) is 0 Å². The minimum Gasteiger partial charge on any atom is -0.490 e. The van der Waals surface area contributed by atoms with E-state index in [9.17, 15) is 14.4 Å². The van der Waals surface area contributed by atoms with Crippen LogP contribution >= 0.6 is 39.9 Å². The van der Waals surface area contributed by atoms with Gasteiger partial charge in [-0.05, 0) is 71.0 Å². The molecule has 12 heteroatoms. The second-order valence-electron chi connectivity index (χ2n) is 7.87. The maximum Gasteiger partial charge on any atom is 0.285 e. The Labute approximate surface area is 232 Å². The standard InChI is InChI=1S/C25H24BrN3O6S2/c1-2-34-19-13-16(12-18(26)22(19)35-15-21(30)28-8-10-33-11-9-28)14-20-24(32)29(25(36)37-20)27-23(31)17-6-4-3-5-7-17/h3-7,12-14H,2,8-11,15H2,1H3,(H,27,31)/b20-14+. The highest BCUT2D eigenvalue weighted by Crippen LogP contribution is 2.39. The van der Waals surface area contributed by atoms with Gasteiger partial charge in [-0.2, -0.15) is 5.01 Å². The first-order valence-corrected chi connectivity index (χ1v) is 13.5. The number of nitrogens with one attached hydrogen (secondary N) is 1. The first-order valence-electron chi connectivity index (χ1n) is 11.5. The summed E-state index contributed by atoms with van der Waals surface area (Å²) >= 11 is 9.90. The number of ether oxygens (including phenoxy) is 3. The summed E-state index contributed by atoms with van der Waals surface area (Å²) in [5.41, 5.74) is 3.62. The number of benzene rings is 2. The van der Waals surface area contributed by atoms with Crippen LogP contribution in [-0.2, 0) is 14.3 Å². The molecule has 9 nitrogen and oxygen atoms in total. The molecule has 2 aromatic carbocycles. The van der Waals surface area contributed by atoms with Crippen LogP contribution in [0.15, 0.2) is 51.8 Å². The lowest BCUT2D eigenvalue weighted by Gasteiger charge is -2.27. The Morgan fingerprint density at radius 3 is 2.62 bits per heavy atom. The van der Waals surface area contributed by atoms with Crippen molar-refractivity contribution in [2.75, 3.05) is 39.5 Å². The van der Waals surface area contributed by atoms with E-state index >= 15 is 0 Å². The molecule has 0 saturated carbocycles. The summed E-state index contributed by atoms with van der Waals surface area (Å²) in [5.74, 6) is -0.200. The van der Waals surface area contributed by atoms with Crippen LogP contribution in [0.2, 0.25) is 0 Å². The Kier molecular flexibility index (Phi) is 9.19. The quantitative estimate of drug-likeness (QED) is 0.360. The van der Waals surface area contributed by atoms with Crippen LogP contribution in [0.5, 0.6) is 11.5 Å². The normalized spacial score (nSPS) is 16.8. The van der Waals surface area contributed by atoms with Crippen LogP contribution in [0.1, 0.15) is 22.8 Å². The van der Waals surface area contributed by atoms with Crippen molar-refractivity contribution < 1.29 is 28.6 Å². The smallest absolute Gasteiger partial charge is 0.285 e. The molecule has 2 saturated heterocycles. The number of thiocarbonyl (C=S) groups is 1. The van der Waals surface area contributed by atoms with E-state index in [0.717, 1.165) is 16.8 Å². The third-order valence-electron chi connectivity index (χ3n) is 5.38. The molecule has 194 valence electrons. The number of thioether (sulfide) groups is 1. The molecule has 2 fully saturated rings. The molecule has 0 spiro atoms. The van der Waals surface area contributed by atoms with Crippen LogP contribution in [0, 0.1) is 0 Å². The van der Waals surface area contributed by atoms with Gasteiger partial charge in [-0.3, -0.25) is 19.8 Å². The molecule has 2 aromatic rings. The van der Waals surface area contributed by atoms with E-state index < -0.39 is 11.8 Å². The van der Waals surface area contributed by atoms with E-state index in [4.69, 9.17) is 26.4 Å². The van der Waals surface area contributed by atoms with Gasteiger partial charge >= 0.3 is 0 Å². The number of halogens is 1. The van der Waals surface area contributed by atoms with E-state index in [1.54, 1.807) is 53.4 Å². The third kappa shape index (κ3) is 6.69. The average Bonchev–Trinajstić information content (AvgIpc) is 3.16. The van der Waals surface area contributed by atoms with Crippen molar-refractivity contribution in [3.63, 3.8) is 0 Å². The summed E-state index contributed by atoms with van der Waals surface area (Å²) in [6.45, 7) is 4.15. The number of carbonyl (C=O) groups is 3. The van der Waals surface area contributed by atoms with Crippen LogP contribution < -0.4 is 14.9 Å². The minimum atomic E-state index is -0.440. The Balaban J connectivity index is 1.49. The molecular weight excluding hydrogens is 582 g/mol. The number of hydrogen-bond donors (Lipinski definition) is 1. The Hall–Kier alpha value is -2.93. The molecule has 0 unspecified atom stereocenters. The number of hydrogen-bond acceptors (Lipinski definition) is 8. The topological polar surface area (TPSA) is 97.4 Å². The maximum atomic E-state index is 13.0. The molecule has 0 bridgehead atoms. The molecule has 2 heterocycles. The lowest BCUT2D eigenvalue weighted by Crippen LogP contribution is -2.44. The number of hydrazine groups is 1. The van der Waals surface area contributed by atoms with Gasteiger partial charge < -0.3 is 19.1 Å². The molecule has 0 aliphatic carbocycles. The second-order valence-corrected chi connectivity index (χ2v) is 10.4. The monoisotopic (exact) mass is 605 g/mol. The Bertz CT molecular complexity index is 1230. The van der Waals surface area contributed by atoms with Gasteiger partial charge in [0.1, 0.15) is 0 Å². The van der Waals surface area contributed by atoms with E-state index in [1.807, 2.05) is 6.92 Å². The third-order valence-corrected chi connectivity index (χ3v) is 7.27. The summed E-state index contributed by atoms with van der Waals surface area (Å²) in [6.07, 6.45) is 1.66. The summed E-state index contributed by atoms with van der Waals surface area (Å²) in [7, 11) is 0. The van der Waals surface area contributed by atoms with Crippen LogP contribution in [0.3, 0.4) is 0 Å². The summed E-state index contributed by atoms with van der Waals surface area (Å²) in [4.78, 5) is 40.0. The summed E-state index contributed by atoms with van der Waals surface area (Å²) in [6, 6.07) is 12.0. The van der Waals surface area contributed by atoms with Crippen LogP contribution in [-0.4, -0.2) is 71.5 Å². The van der Waals surface area contributed by atoms with Crippen molar-refractivity contribution in [2.45, 2.75) is 6.92 Å². The predicted molar refractivity (Wildman–Crippen MR) is 147 cm³/mol. The van der Waals surface area contributed by atoms with Gasteiger partial charge in [0.15, 0.2) is 22.4 Å². The summed E-state index contributed by atoms with van der Waals surface area (Å²) < 4.78 is 17.6. The molecule has 2 aliphatic rings. The molecule has 0 atom stereocenters. The van der Waals surface area contributed by atoms with Crippen LogP contribution in [0.4, 0.5) is 0 Å². The van der Waals surface area contributed by atoms with Crippen molar-refractivity contribution >= 4 is 68.0 Å². The Morgan fingerprint density at radius 1 is 1.19 bits per heavy atom. The zero-order valence-electron chi connectivity index (χ0n) is 19.9. The zero-order valence-corrected chi connectivity index (χ0v) is 23.1. The fourth-order valence-corrected chi connectivity index (χ4v) is 5.34. The van der Waals surface area contributed by atoms with E-state index in [1.165, 1.54) is 0 Å². The highest BCUT2D eigenvalue weighted by molar-refractivity contribution is 9.10. The van der Waals surface area contributed by atoms with Gasteiger partial charge in [0.25, 0.3) is 17.7 Å². The van der Waals surface area contributed by atoms with Crippen LogP contribution in [0.25, 0.3) is 6.08 Å². The molecule has 0 aromatic heterocycles. The van der Waals surface area contributed by atoms with Crippen molar-refractivity contribution in [3.8, 4) is 11.5 Å². The highest BCUT2D eigenvalue weighted by Gasteiger charge is 2.34. The molecule has 4 rings (SSSR count). The molecular formula is C25H24BrN3O6S2. The largest absolute Gasteiger partial charge is 0.490 e. The van der Waals surface area contributed by atoms with Gasteiger partial charge in [-0.15, -0.1) is 0 Å². The number of amides is 3. The SMILES string of the molecule is CCOc1cc(/C=C2/SC(=S)N(NC(=O)c3ccccc3)C2=O)cc(Br)c1OCC(=O)N1CCOCC1. The molecule has 3 amide bonds. The minimum absolute atomic E-state index is 0.136. The van der Waals surface area contributed by atoms with Gasteiger partial charge in [-0.1, -0.05) is 30.0 Å². The van der Waals surface area contributed by atoms with Gasteiger partial charge in [-0.25, -0.2) is 0 Å². The number of carbonyl (C=O) groups excluding carboxylic acids is 3. The molecule has 37 heavy (non-hydrogen) atoms. The molecule has 0 radical (unpaired) electrons. The molecule has 2 aliphatic heterocycles. The van der Waals surface area contributed by atoms with E-state index in [-0.39, 0.29) is 16.8 Å². The second kappa shape index (κ2) is 12.5. The van der Waals surface area contributed by atoms with E-state index in [0.29, 0.717) is 64.9 Å². The number of nitrogens with zero attached hydrogens (tertiary/aromatic N) is 2.